The van der Waals surface area contributed by atoms with E-state index in [1.165, 1.54) is 12.5 Å². The fraction of sp³-hybridized carbons (Fsp3) is 0.250. The number of rotatable bonds is 4. The van der Waals surface area contributed by atoms with E-state index < -0.39 is 0 Å². The van der Waals surface area contributed by atoms with E-state index >= 15 is 0 Å². The lowest BCUT2D eigenvalue weighted by molar-refractivity contribution is -0.111. The number of H-pyrrole nitrogens is 1. The highest BCUT2D eigenvalue weighted by molar-refractivity contribution is 6.02. The molecular formula is C20H20N2O2. The Morgan fingerprint density at radius 3 is 2.92 bits per heavy atom. The van der Waals surface area contributed by atoms with Crippen molar-refractivity contribution in [3.63, 3.8) is 0 Å². The predicted octanol–water partition coefficient (Wildman–Crippen LogP) is 4.84. The molecule has 2 atom stereocenters. The maximum absolute atomic E-state index is 12.1. The Bertz CT molecular complexity index is 932. The van der Waals surface area contributed by atoms with Crippen LogP contribution in [0.15, 0.2) is 46.9 Å². The fourth-order valence-corrected chi connectivity index (χ4v) is 3.07. The summed E-state index contributed by atoms with van der Waals surface area (Å²) in [5, 5.41) is 3.97. The smallest absolute Gasteiger partial charge is 0.248 e. The molecule has 122 valence electrons. The van der Waals surface area contributed by atoms with Crippen molar-refractivity contribution in [3.8, 4) is 0 Å². The van der Waals surface area contributed by atoms with Gasteiger partial charge in [0.25, 0.3) is 0 Å². The number of hydrogen-bond acceptors (Lipinski definition) is 2. The molecule has 1 saturated carbocycles. The molecule has 0 spiro atoms. The first-order valence-corrected chi connectivity index (χ1v) is 8.26. The second kappa shape index (κ2) is 5.71. The van der Waals surface area contributed by atoms with E-state index in [-0.39, 0.29) is 5.91 Å². The van der Waals surface area contributed by atoms with Gasteiger partial charge in [0, 0.05) is 34.3 Å². The molecule has 0 aliphatic heterocycles. The van der Waals surface area contributed by atoms with Gasteiger partial charge in [0.2, 0.25) is 5.91 Å². The van der Waals surface area contributed by atoms with Crippen LogP contribution in [0.5, 0.6) is 0 Å². The van der Waals surface area contributed by atoms with Crippen LogP contribution in [0, 0.1) is 12.8 Å². The van der Waals surface area contributed by atoms with Crippen molar-refractivity contribution in [2.45, 2.75) is 26.2 Å². The molecule has 1 aromatic carbocycles. The van der Waals surface area contributed by atoms with Gasteiger partial charge in [-0.05, 0) is 61.7 Å². The van der Waals surface area contributed by atoms with Crippen LogP contribution in [-0.2, 0) is 4.79 Å². The van der Waals surface area contributed by atoms with E-state index in [1.54, 1.807) is 6.08 Å². The van der Waals surface area contributed by atoms with Crippen molar-refractivity contribution in [2.75, 3.05) is 5.32 Å². The van der Waals surface area contributed by atoms with Crippen LogP contribution >= 0.6 is 0 Å². The first kappa shape index (κ1) is 14.8. The van der Waals surface area contributed by atoms with E-state index in [0.717, 1.165) is 33.8 Å². The third kappa shape index (κ3) is 3.00. The average Bonchev–Trinajstić information content (AvgIpc) is 2.97. The van der Waals surface area contributed by atoms with Crippen LogP contribution < -0.4 is 5.32 Å². The topological polar surface area (TPSA) is 58.0 Å². The number of nitrogens with one attached hydrogen (secondary N) is 2. The summed E-state index contributed by atoms with van der Waals surface area (Å²) < 4.78 is 5.77. The average molecular weight is 320 g/mol. The first-order valence-electron chi connectivity index (χ1n) is 8.26. The van der Waals surface area contributed by atoms with Crippen molar-refractivity contribution < 1.29 is 9.21 Å². The van der Waals surface area contributed by atoms with E-state index in [1.807, 2.05) is 37.3 Å². The van der Waals surface area contributed by atoms with Crippen LogP contribution in [0.25, 0.3) is 17.0 Å². The van der Waals surface area contributed by atoms with Crippen molar-refractivity contribution in [3.05, 3.63) is 59.7 Å². The Morgan fingerprint density at radius 2 is 2.12 bits per heavy atom. The first-order chi connectivity index (χ1) is 11.6. The van der Waals surface area contributed by atoms with Crippen LogP contribution in [0.2, 0.25) is 0 Å². The quantitative estimate of drug-likeness (QED) is 0.675. The number of aromatic amines is 1. The zero-order valence-corrected chi connectivity index (χ0v) is 13.8. The minimum absolute atomic E-state index is 0.167. The van der Waals surface area contributed by atoms with E-state index in [9.17, 15) is 4.79 Å². The van der Waals surface area contributed by atoms with E-state index in [2.05, 4.69) is 23.3 Å². The molecule has 0 bridgehead atoms. The summed E-state index contributed by atoms with van der Waals surface area (Å²) >= 11 is 0. The molecule has 4 heteroatoms. The van der Waals surface area contributed by atoms with Crippen LogP contribution in [0.4, 0.5) is 5.69 Å². The number of fused-ring (bicyclic) bond motifs is 1. The molecule has 24 heavy (non-hydrogen) atoms. The van der Waals surface area contributed by atoms with Gasteiger partial charge in [-0.25, -0.2) is 0 Å². The molecule has 3 aromatic rings. The molecule has 0 unspecified atom stereocenters. The Labute approximate surface area is 140 Å². The van der Waals surface area contributed by atoms with Gasteiger partial charge in [-0.3, -0.25) is 4.79 Å². The zero-order valence-electron chi connectivity index (χ0n) is 13.8. The highest BCUT2D eigenvalue weighted by Crippen LogP contribution is 2.47. The number of anilines is 1. The molecule has 0 radical (unpaired) electrons. The summed E-state index contributed by atoms with van der Waals surface area (Å²) in [5.41, 5.74) is 2.95. The van der Waals surface area contributed by atoms with Crippen molar-refractivity contribution in [1.29, 1.82) is 0 Å². The van der Waals surface area contributed by atoms with Gasteiger partial charge < -0.3 is 14.7 Å². The van der Waals surface area contributed by atoms with Crippen LogP contribution in [0.3, 0.4) is 0 Å². The largest absolute Gasteiger partial charge is 0.461 e. The molecule has 2 aromatic heterocycles. The number of benzene rings is 1. The van der Waals surface area contributed by atoms with E-state index in [4.69, 9.17) is 4.42 Å². The summed E-state index contributed by atoms with van der Waals surface area (Å²) in [6.07, 6.45) is 4.41. The number of carbonyl (C=O) groups is 1. The molecule has 1 aliphatic rings. The predicted molar refractivity (Wildman–Crippen MR) is 95.9 cm³/mol. The van der Waals surface area contributed by atoms with Crippen molar-refractivity contribution in [2.24, 2.45) is 5.92 Å². The Hall–Kier alpha value is -2.75. The van der Waals surface area contributed by atoms with Gasteiger partial charge in [0.05, 0.1) is 0 Å². The summed E-state index contributed by atoms with van der Waals surface area (Å²) in [6.45, 7) is 4.24. The van der Waals surface area contributed by atoms with Gasteiger partial charge in [-0.15, -0.1) is 0 Å². The van der Waals surface area contributed by atoms with Crippen LogP contribution in [0.1, 0.15) is 36.5 Å². The second-order valence-electron chi connectivity index (χ2n) is 6.64. The maximum atomic E-state index is 12.1. The highest BCUT2D eigenvalue weighted by Gasteiger charge is 2.36. The molecule has 1 aliphatic carbocycles. The Kier molecular flexibility index (Phi) is 3.53. The third-order valence-electron chi connectivity index (χ3n) is 4.54. The fourth-order valence-electron chi connectivity index (χ4n) is 3.07. The second-order valence-corrected chi connectivity index (χ2v) is 6.64. The summed E-state index contributed by atoms with van der Waals surface area (Å²) in [5.74, 6) is 2.84. The van der Waals surface area contributed by atoms with Gasteiger partial charge in [-0.1, -0.05) is 6.92 Å². The highest BCUT2D eigenvalue weighted by atomic mass is 16.3. The lowest BCUT2D eigenvalue weighted by Crippen LogP contribution is -2.07. The van der Waals surface area contributed by atoms with Crippen LogP contribution in [-0.4, -0.2) is 10.9 Å². The number of amides is 1. The SMILES string of the molecule is Cc1cc2cc(NC(=O)/C=C/c3ccc([C@@H]4C[C@H]4C)o3)ccc2[nH]1. The standard InChI is InChI=1S/C20H20N2O2/c1-12-9-17(12)19-7-4-16(24-19)5-8-20(23)22-15-3-6-18-14(11-15)10-13(2)21-18/h3-8,10-12,17,21H,9H2,1-2H3,(H,22,23)/b8-5+/t12-,17-/m1/s1. The number of furan rings is 1. The normalized spacial score (nSPS) is 19.9. The van der Waals surface area contributed by atoms with Crippen molar-refractivity contribution >= 4 is 28.6 Å². The zero-order chi connectivity index (χ0) is 16.7. The number of hydrogen-bond donors (Lipinski definition) is 2. The van der Waals surface area contributed by atoms with Gasteiger partial charge in [0.1, 0.15) is 11.5 Å². The Balaban J connectivity index is 1.42. The van der Waals surface area contributed by atoms with Gasteiger partial charge in [0.15, 0.2) is 0 Å². The summed E-state index contributed by atoms with van der Waals surface area (Å²) in [4.78, 5) is 15.4. The molecule has 4 rings (SSSR count). The number of aryl methyl sites for hydroxylation is 1. The summed E-state index contributed by atoms with van der Waals surface area (Å²) in [7, 11) is 0. The molecule has 2 N–H and O–H groups in total. The Morgan fingerprint density at radius 1 is 1.29 bits per heavy atom. The molecule has 0 saturated heterocycles. The molecule has 1 amide bonds. The molecule has 4 nitrogen and oxygen atoms in total. The lowest BCUT2D eigenvalue weighted by Gasteiger charge is -2.01. The lowest BCUT2D eigenvalue weighted by atomic mass is 10.2. The molecule has 2 heterocycles. The monoisotopic (exact) mass is 320 g/mol. The third-order valence-corrected chi connectivity index (χ3v) is 4.54. The minimum atomic E-state index is -0.167. The summed E-state index contributed by atoms with van der Waals surface area (Å²) in [6, 6.07) is 11.8. The molecular weight excluding hydrogens is 300 g/mol. The van der Waals surface area contributed by atoms with Gasteiger partial charge >= 0.3 is 0 Å². The van der Waals surface area contributed by atoms with E-state index in [0.29, 0.717) is 11.8 Å². The van der Waals surface area contributed by atoms with Crippen molar-refractivity contribution in [1.82, 2.24) is 4.98 Å². The number of aromatic nitrogens is 1. The minimum Gasteiger partial charge on any atom is -0.461 e. The number of carbonyl (C=O) groups excluding carboxylic acids is 1. The molecule has 1 fully saturated rings. The maximum Gasteiger partial charge on any atom is 0.248 e. The van der Waals surface area contributed by atoms with Gasteiger partial charge in [-0.2, -0.15) is 0 Å².